The lowest BCUT2D eigenvalue weighted by Gasteiger charge is -2.32. The third-order valence-corrected chi connectivity index (χ3v) is 3.90. The number of carbonyl (C=O) groups excluding carboxylic acids is 1. The van der Waals surface area contributed by atoms with Gasteiger partial charge >= 0.3 is 0 Å². The zero-order valence-corrected chi connectivity index (χ0v) is 12.9. The summed E-state index contributed by atoms with van der Waals surface area (Å²) in [5.41, 5.74) is 1.02. The SMILES string of the molecule is Cc1ccc(F)c(C(=O)NCCCN2CCN(C)CC2)c1. The van der Waals surface area contributed by atoms with Gasteiger partial charge in [0.25, 0.3) is 5.91 Å². The summed E-state index contributed by atoms with van der Waals surface area (Å²) in [6.45, 7) is 7.77. The van der Waals surface area contributed by atoms with E-state index in [1.54, 1.807) is 12.1 Å². The maximum absolute atomic E-state index is 13.6. The van der Waals surface area contributed by atoms with E-state index >= 15 is 0 Å². The Balaban J connectivity index is 1.71. The van der Waals surface area contributed by atoms with Crippen LogP contribution in [0.15, 0.2) is 18.2 Å². The molecule has 0 bridgehead atoms. The van der Waals surface area contributed by atoms with Crippen LogP contribution in [-0.2, 0) is 0 Å². The molecule has 4 nitrogen and oxygen atoms in total. The Hall–Kier alpha value is -1.46. The lowest BCUT2D eigenvalue weighted by atomic mass is 10.1. The molecule has 0 aliphatic carbocycles. The van der Waals surface area contributed by atoms with Gasteiger partial charge in [0.05, 0.1) is 5.56 Å². The maximum Gasteiger partial charge on any atom is 0.254 e. The van der Waals surface area contributed by atoms with Crippen LogP contribution in [0, 0.1) is 12.7 Å². The number of rotatable bonds is 5. The average molecular weight is 293 g/mol. The Morgan fingerprint density at radius 1 is 1.29 bits per heavy atom. The molecule has 1 aromatic rings. The fourth-order valence-electron chi connectivity index (χ4n) is 2.48. The molecule has 1 aromatic carbocycles. The zero-order valence-electron chi connectivity index (χ0n) is 12.9. The van der Waals surface area contributed by atoms with Crippen LogP contribution >= 0.6 is 0 Å². The second kappa shape index (κ2) is 7.52. The summed E-state index contributed by atoms with van der Waals surface area (Å²) in [5, 5.41) is 2.80. The van der Waals surface area contributed by atoms with Gasteiger partial charge in [-0.2, -0.15) is 0 Å². The average Bonchev–Trinajstić information content (AvgIpc) is 2.47. The number of nitrogens with one attached hydrogen (secondary N) is 1. The topological polar surface area (TPSA) is 35.6 Å². The first-order chi connectivity index (χ1) is 10.1. The highest BCUT2D eigenvalue weighted by Gasteiger charge is 2.14. The zero-order chi connectivity index (χ0) is 15.2. The van der Waals surface area contributed by atoms with Crippen molar-refractivity contribution in [3.05, 3.63) is 35.1 Å². The smallest absolute Gasteiger partial charge is 0.254 e. The molecule has 1 aliphatic rings. The minimum atomic E-state index is -0.461. The van der Waals surface area contributed by atoms with Crippen molar-refractivity contribution in [2.24, 2.45) is 0 Å². The predicted molar refractivity (Wildman–Crippen MR) is 82.0 cm³/mol. The molecule has 1 fully saturated rings. The highest BCUT2D eigenvalue weighted by Crippen LogP contribution is 2.09. The van der Waals surface area contributed by atoms with Crippen LogP contribution in [-0.4, -0.2) is 62.0 Å². The van der Waals surface area contributed by atoms with E-state index in [1.807, 2.05) is 6.92 Å². The summed E-state index contributed by atoms with van der Waals surface area (Å²) >= 11 is 0. The second-order valence-corrected chi connectivity index (χ2v) is 5.74. The Kier molecular flexibility index (Phi) is 5.70. The summed E-state index contributed by atoms with van der Waals surface area (Å²) in [7, 11) is 2.13. The largest absolute Gasteiger partial charge is 0.352 e. The number of carbonyl (C=O) groups is 1. The number of piperazine rings is 1. The van der Waals surface area contributed by atoms with Crippen LogP contribution in [0.25, 0.3) is 0 Å². The molecule has 2 rings (SSSR count). The minimum Gasteiger partial charge on any atom is -0.352 e. The van der Waals surface area contributed by atoms with Crippen molar-refractivity contribution in [2.75, 3.05) is 46.3 Å². The van der Waals surface area contributed by atoms with Crippen molar-refractivity contribution >= 4 is 5.91 Å². The summed E-state index contributed by atoms with van der Waals surface area (Å²) in [4.78, 5) is 16.7. The van der Waals surface area contributed by atoms with Crippen LogP contribution < -0.4 is 5.32 Å². The first-order valence-corrected chi connectivity index (χ1v) is 7.51. The number of hydrogen-bond acceptors (Lipinski definition) is 3. The molecule has 1 amide bonds. The molecular formula is C16H24FN3O. The first-order valence-electron chi connectivity index (χ1n) is 7.51. The number of likely N-dealkylation sites (N-methyl/N-ethyl adjacent to an activating group) is 1. The summed E-state index contributed by atoms with van der Waals surface area (Å²) in [6.07, 6.45) is 0.892. The van der Waals surface area contributed by atoms with E-state index in [-0.39, 0.29) is 11.5 Å². The van der Waals surface area contributed by atoms with Gasteiger partial charge in [-0.15, -0.1) is 0 Å². The molecule has 0 atom stereocenters. The van der Waals surface area contributed by atoms with Crippen LogP contribution in [0.4, 0.5) is 4.39 Å². The highest BCUT2D eigenvalue weighted by atomic mass is 19.1. The van der Waals surface area contributed by atoms with Gasteiger partial charge in [-0.3, -0.25) is 4.79 Å². The maximum atomic E-state index is 13.6. The summed E-state index contributed by atoms with van der Waals surface area (Å²) in [6, 6.07) is 4.60. The van der Waals surface area contributed by atoms with E-state index in [0.29, 0.717) is 6.54 Å². The van der Waals surface area contributed by atoms with Crippen LogP contribution in [0.2, 0.25) is 0 Å². The quantitative estimate of drug-likeness (QED) is 0.836. The van der Waals surface area contributed by atoms with Gasteiger partial charge in [0.1, 0.15) is 5.82 Å². The van der Waals surface area contributed by atoms with E-state index in [1.165, 1.54) is 6.07 Å². The lowest BCUT2D eigenvalue weighted by Crippen LogP contribution is -2.45. The molecule has 0 radical (unpaired) electrons. The number of benzene rings is 1. The van der Waals surface area contributed by atoms with Gasteiger partial charge in [-0.25, -0.2) is 4.39 Å². The molecule has 0 saturated carbocycles. The third kappa shape index (κ3) is 4.79. The van der Waals surface area contributed by atoms with Crippen molar-refractivity contribution < 1.29 is 9.18 Å². The van der Waals surface area contributed by atoms with E-state index in [0.717, 1.165) is 44.7 Å². The van der Waals surface area contributed by atoms with Crippen molar-refractivity contribution in [3.63, 3.8) is 0 Å². The van der Waals surface area contributed by atoms with Crippen LogP contribution in [0.5, 0.6) is 0 Å². The normalized spacial score (nSPS) is 16.9. The number of aryl methyl sites for hydroxylation is 1. The molecule has 116 valence electrons. The number of halogens is 1. The van der Waals surface area contributed by atoms with E-state index in [2.05, 4.69) is 22.2 Å². The van der Waals surface area contributed by atoms with Gasteiger partial charge in [0, 0.05) is 32.7 Å². The molecule has 1 N–H and O–H groups in total. The van der Waals surface area contributed by atoms with Crippen molar-refractivity contribution in [1.82, 2.24) is 15.1 Å². The van der Waals surface area contributed by atoms with E-state index in [9.17, 15) is 9.18 Å². The molecule has 1 heterocycles. The van der Waals surface area contributed by atoms with Crippen molar-refractivity contribution in [3.8, 4) is 0 Å². The van der Waals surface area contributed by atoms with Crippen molar-refractivity contribution in [2.45, 2.75) is 13.3 Å². The van der Waals surface area contributed by atoms with Gasteiger partial charge in [0.15, 0.2) is 0 Å². The Labute approximate surface area is 125 Å². The Morgan fingerprint density at radius 2 is 2.00 bits per heavy atom. The lowest BCUT2D eigenvalue weighted by molar-refractivity contribution is 0.0945. The fraction of sp³-hybridized carbons (Fsp3) is 0.562. The van der Waals surface area contributed by atoms with Gasteiger partial charge in [0.2, 0.25) is 0 Å². The van der Waals surface area contributed by atoms with Crippen molar-refractivity contribution in [1.29, 1.82) is 0 Å². The standard InChI is InChI=1S/C16H24FN3O/c1-13-4-5-15(17)14(12-13)16(21)18-6-3-7-20-10-8-19(2)9-11-20/h4-5,12H,3,6-11H2,1-2H3,(H,18,21). The Bertz CT molecular complexity index is 484. The molecule has 0 unspecified atom stereocenters. The highest BCUT2D eigenvalue weighted by molar-refractivity contribution is 5.94. The summed E-state index contributed by atoms with van der Waals surface area (Å²) in [5.74, 6) is -0.785. The van der Waals surface area contributed by atoms with E-state index < -0.39 is 5.82 Å². The predicted octanol–water partition coefficient (Wildman–Crippen LogP) is 1.50. The number of hydrogen-bond donors (Lipinski definition) is 1. The molecular weight excluding hydrogens is 269 g/mol. The summed E-state index contributed by atoms with van der Waals surface area (Å²) < 4.78 is 13.6. The Morgan fingerprint density at radius 3 is 2.71 bits per heavy atom. The minimum absolute atomic E-state index is 0.134. The van der Waals surface area contributed by atoms with Crippen LogP contribution in [0.3, 0.4) is 0 Å². The van der Waals surface area contributed by atoms with Gasteiger partial charge < -0.3 is 15.1 Å². The number of amides is 1. The fourth-order valence-corrected chi connectivity index (χ4v) is 2.48. The molecule has 1 saturated heterocycles. The molecule has 5 heteroatoms. The van der Waals surface area contributed by atoms with E-state index in [4.69, 9.17) is 0 Å². The molecule has 1 aliphatic heterocycles. The number of nitrogens with zero attached hydrogens (tertiary/aromatic N) is 2. The first kappa shape index (κ1) is 15.9. The monoisotopic (exact) mass is 293 g/mol. The van der Waals surface area contributed by atoms with Gasteiger partial charge in [-0.1, -0.05) is 11.6 Å². The molecule has 0 spiro atoms. The molecule has 0 aromatic heterocycles. The third-order valence-electron chi connectivity index (χ3n) is 3.90. The van der Waals surface area contributed by atoms with Gasteiger partial charge in [-0.05, 0) is 39.1 Å². The van der Waals surface area contributed by atoms with Crippen LogP contribution in [0.1, 0.15) is 22.3 Å². The molecule has 21 heavy (non-hydrogen) atoms. The second-order valence-electron chi connectivity index (χ2n) is 5.74.